The number of methoxy groups -OCH3 is 1. The summed E-state index contributed by atoms with van der Waals surface area (Å²) in [5.41, 5.74) is 0. The first-order valence-electron chi connectivity index (χ1n) is 5.23. The van der Waals surface area contributed by atoms with E-state index in [1.165, 1.54) is 19.5 Å². The number of nitrogens with zero attached hydrogens (tertiary/aromatic N) is 2. The molecule has 2 rings (SSSR count). The third-order valence-corrected chi connectivity index (χ3v) is 4.51. The summed E-state index contributed by atoms with van der Waals surface area (Å²) in [6, 6.07) is -0.955. The number of carbonyl (C=O) groups is 1. The van der Waals surface area contributed by atoms with Gasteiger partial charge in [0, 0.05) is 12.7 Å². The monoisotopic (exact) mass is 275 g/mol. The largest absolute Gasteiger partial charge is 0.468 e. The first-order chi connectivity index (χ1) is 8.57. The highest BCUT2D eigenvalue weighted by atomic mass is 32.2. The van der Waals surface area contributed by atoms with Crippen LogP contribution in [0.3, 0.4) is 0 Å². The van der Waals surface area contributed by atoms with Gasteiger partial charge in [-0.25, -0.2) is 8.42 Å². The number of ether oxygens (including phenoxy) is 2. The molecule has 1 fully saturated rings. The molecule has 0 spiro atoms. The van der Waals surface area contributed by atoms with Crippen molar-refractivity contribution in [3.8, 4) is 0 Å². The number of nitrogens with one attached hydrogen (secondary N) is 1. The molecular formula is C9H13N3O5S. The predicted octanol–water partition coefficient (Wildman–Crippen LogP) is -1.03. The fraction of sp³-hybridized carbons (Fsp3) is 0.556. The minimum Gasteiger partial charge on any atom is -0.468 e. The maximum absolute atomic E-state index is 12.3. The second kappa shape index (κ2) is 5.04. The van der Waals surface area contributed by atoms with E-state index in [2.05, 4.69) is 14.9 Å². The van der Waals surface area contributed by atoms with E-state index in [1.807, 2.05) is 0 Å². The van der Waals surface area contributed by atoms with Crippen LogP contribution in [-0.4, -0.2) is 61.8 Å². The van der Waals surface area contributed by atoms with E-state index in [4.69, 9.17) is 4.74 Å². The summed E-state index contributed by atoms with van der Waals surface area (Å²) >= 11 is 0. The van der Waals surface area contributed by atoms with Crippen LogP contribution in [0, 0.1) is 0 Å². The van der Waals surface area contributed by atoms with Crippen LogP contribution in [0.5, 0.6) is 0 Å². The molecule has 1 atom stereocenters. The van der Waals surface area contributed by atoms with Gasteiger partial charge in [-0.15, -0.1) is 0 Å². The van der Waals surface area contributed by atoms with Crippen LogP contribution in [0.4, 0.5) is 0 Å². The van der Waals surface area contributed by atoms with E-state index >= 15 is 0 Å². The topological polar surface area (TPSA) is 102 Å². The molecule has 0 aliphatic carbocycles. The minimum absolute atomic E-state index is 0.0102. The molecule has 0 amide bonds. The van der Waals surface area contributed by atoms with E-state index in [0.717, 1.165) is 4.31 Å². The average Bonchev–Trinajstić information content (AvgIpc) is 2.92. The zero-order valence-corrected chi connectivity index (χ0v) is 10.5. The van der Waals surface area contributed by atoms with E-state index in [-0.39, 0.29) is 24.7 Å². The maximum Gasteiger partial charge on any atom is 0.326 e. The molecule has 100 valence electrons. The zero-order valence-electron chi connectivity index (χ0n) is 9.70. The van der Waals surface area contributed by atoms with Gasteiger partial charge in [-0.05, 0) is 0 Å². The van der Waals surface area contributed by atoms with Crippen molar-refractivity contribution in [2.75, 3.05) is 26.9 Å². The predicted molar refractivity (Wildman–Crippen MR) is 59.1 cm³/mol. The van der Waals surface area contributed by atoms with Crippen molar-refractivity contribution in [1.29, 1.82) is 0 Å². The Balaban J connectivity index is 2.32. The minimum atomic E-state index is -3.76. The lowest BCUT2D eigenvalue weighted by molar-refractivity contribution is -0.149. The fourth-order valence-corrected chi connectivity index (χ4v) is 3.17. The number of hydrogen-bond acceptors (Lipinski definition) is 6. The van der Waals surface area contributed by atoms with Gasteiger partial charge in [0.15, 0.2) is 0 Å². The number of aromatic nitrogens is 2. The van der Waals surface area contributed by atoms with Crippen molar-refractivity contribution in [2.24, 2.45) is 0 Å². The normalized spacial score (nSPS) is 21.7. The van der Waals surface area contributed by atoms with Crippen LogP contribution < -0.4 is 0 Å². The third kappa shape index (κ3) is 2.24. The molecule has 1 N–H and O–H groups in total. The van der Waals surface area contributed by atoms with Gasteiger partial charge in [-0.3, -0.25) is 9.89 Å². The quantitative estimate of drug-likeness (QED) is 0.708. The van der Waals surface area contributed by atoms with Gasteiger partial charge in [-0.1, -0.05) is 0 Å². The lowest BCUT2D eigenvalue weighted by Gasteiger charge is -2.32. The summed E-state index contributed by atoms with van der Waals surface area (Å²) in [4.78, 5) is 11.6. The van der Waals surface area contributed by atoms with Crippen molar-refractivity contribution in [1.82, 2.24) is 14.5 Å². The lowest BCUT2D eigenvalue weighted by atomic mass is 10.3. The van der Waals surface area contributed by atoms with Gasteiger partial charge in [0.05, 0.1) is 26.5 Å². The van der Waals surface area contributed by atoms with Crippen molar-refractivity contribution in [3.05, 3.63) is 12.4 Å². The summed E-state index contributed by atoms with van der Waals surface area (Å²) < 4.78 is 35.3. The van der Waals surface area contributed by atoms with Gasteiger partial charge in [0.2, 0.25) is 10.0 Å². The summed E-state index contributed by atoms with van der Waals surface area (Å²) in [5, 5.41) is 6.02. The number of rotatable bonds is 3. The Kier molecular flexibility index (Phi) is 3.64. The van der Waals surface area contributed by atoms with E-state index in [9.17, 15) is 13.2 Å². The fourth-order valence-electron chi connectivity index (χ4n) is 1.71. The maximum atomic E-state index is 12.3. The Morgan fingerprint density at radius 1 is 1.67 bits per heavy atom. The molecule has 0 bridgehead atoms. The number of esters is 1. The van der Waals surface area contributed by atoms with Crippen molar-refractivity contribution < 1.29 is 22.7 Å². The zero-order chi connectivity index (χ0) is 13.2. The summed E-state index contributed by atoms with van der Waals surface area (Å²) in [7, 11) is -2.56. The Bertz CT molecular complexity index is 512. The van der Waals surface area contributed by atoms with Crippen molar-refractivity contribution in [2.45, 2.75) is 10.9 Å². The van der Waals surface area contributed by atoms with Crippen LogP contribution in [-0.2, 0) is 24.3 Å². The average molecular weight is 275 g/mol. The molecule has 8 nitrogen and oxygen atoms in total. The Morgan fingerprint density at radius 2 is 2.44 bits per heavy atom. The van der Waals surface area contributed by atoms with Crippen LogP contribution in [0.15, 0.2) is 17.3 Å². The highest BCUT2D eigenvalue weighted by molar-refractivity contribution is 7.89. The van der Waals surface area contributed by atoms with Gasteiger partial charge in [0.25, 0.3) is 0 Å². The number of sulfonamides is 1. The number of hydrogen-bond donors (Lipinski definition) is 1. The molecule has 1 aliphatic heterocycles. The van der Waals surface area contributed by atoms with Gasteiger partial charge < -0.3 is 9.47 Å². The molecule has 0 saturated carbocycles. The van der Waals surface area contributed by atoms with Crippen LogP contribution in [0.2, 0.25) is 0 Å². The summed E-state index contributed by atoms with van der Waals surface area (Å²) in [6.07, 6.45) is 2.46. The molecule has 18 heavy (non-hydrogen) atoms. The Labute approximate surface area is 104 Å². The molecule has 0 radical (unpaired) electrons. The molecule has 2 heterocycles. The lowest BCUT2D eigenvalue weighted by Crippen LogP contribution is -2.52. The third-order valence-electron chi connectivity index (χ3n) is 2.63. The Hall–Kier alpha value is -1.45. The smallest absolute Gasteiger partial charge is 0.326 e. The van der Waals surface area contributed by atoms with Crippen molar-refractivity contribution >= 4 is 16.0 Å². The molecular weight excluding hydrogens is 262 g/mol. The molecule has 1 aromatic rings. The molecule has 1 aromatic heterocycles. The second-order valence-electron chi connectivity index (χ2n) is 3.66. The number of aromatic amines is 1. The van der Waals surface area contributed by atoms with Crippen LogP contribution in [0.1, 0.15) is 0 Å². The molecule has 1 aliphatic rings. The SMILES string of the molecule is COC(=O)C1COCCN1S(=O)(=O)c1cn[nH]c1. The molecule has 0 aromatic carbocycles. The van der Waals surface area contributed by atoms with E-state index in [1.54, 1.807) is 0 Å². The molecule has 1 saturated heterocycles. The second-order valence-corrected chi connectivity index (χ2v) is 5.55. The van der Waals surface area contributed by atoms with Gasteiger partial charge >= 0.3 is 5.97 Å². The van der Waals surface area contributed by atoms with Gasteiger partial charge in [-0.2, -0.15) is 9.40 Å². The molecule has 9 heteroatoms. The number of H-pyrrole nitrogens is 1. The molecule has 1 unspecified atom stereocenters. The Morgan fingerprint density at radius 3 is 3.06 bits per heavy atom. The number of carbonyl (C=O) groups excluding carboxylic acids is 1. The summed E-state index contributed by atoms with van der Waals surface area (Å²) in [6.45, 7) is 0.335. The first kappa shape index (κ1) is 13.0. The highest BCUT2D eigenvalue weighted by Gasteiger charge is 2.39. The van der Waals surface area contributed by atoms with E-state index in [0.29, 0.717) is 0 Å². The highest BCUT2D eigenvalue weighted by Crippen LogP contribution is 2.20. The van der Waals surface area contributed by atoms with Gasteiger partial charge in [0.1, 0.15) is 10.9 Å². The van der Waals surface area contributed by atoms with Crippen LogP contribution >= 0.6 is 0 Å². The summed E-state index contributed by atoms with van der Waals surface area (Å²) in [5.74, 6) is -0.637. The van der Waals surface area contributed by atoms with Crippen molar-refractivity contribution in [3.63, 3.8) is 0 Å². The first-order valence-corrected chi connectivity index (χ1v) is 6.67. The standard InChI is InChI=1S/C9H13N3O5S/c1-16-9(13)8-6-17-3-2-12(8)18(14,15)7-4-10-11-5-7/h4-5,8H,2-3,6H2,1H3,(H,10,11). The number of morpholine rings is 1. The van der Waals surface area contributed by atoms with E-state index < -0.39 is 22.0 Å². The van der Waals surface area contributed by atoms with Crippen LogP contribution in [0.25, 0.3) is 0 Å².